The molecular formula is C35H45F3N2O10Si. The van der Waals surface area contributed by atoms with Crippen LogP contribution >= 0.6 is 0 Å². The molecule has 0 saturated heterocycles. The number of alkyl halides is 3. The predicted molar refractivity (Wildman–Crippen MR) is 183 cm³/mol. The number of carbonyl (C=O) groups excluding carboxylic acids is 4. The Morgan fingerprint density at radius 2 is 1.41 bits per heavy atom. The SMILES string of the molecule is COC(=O)[C@H](Cc1ccc(Oc2cc(C[C@H](NC(=O)C(F)(F)F)C(=O)OC)c(O[Si](C)(C)C(C)(C)C)c3ccoc23)cc1)NC(=O)OC(C)(C)C. The van der Waals surface area contributed by atoms with Gasteiger partial charge in [-0.15, -0.1) is 0 Å². The summed E-state index contributed by atoms with van der Waals surface area (Å²) in [5.74, 6) is -3.35. The van der Waals surface area contributed by atoms with E-state index in [4.69, 9.17) is 27.8 Å². The Hall–Kier alpha value is -4.73. The van der Waals surface area contributed by atoms with Crippen molar-refractivity contribution in [2.75, 3.05) is 14.2 Å². The van der Waals surface area contributed by atoms with E-state index in [0.29, 0.717) is 16.7 Å². The van der Waals surface area contributed by atoms with Gasteiger partial charge >= 0.3 is 30.1 Å². The van der Waals surface area contributed by atoms with Crippen LogP contribution in [0, 0.1) is 0 Å². The highest BCUT2D eigenvalue weighted by atomic mass is 28.4. The van der Waals surface area contributed by atoms with E-state index in [0.717, 1.165) is 7.11 Å². The zero-order valence-corrected chi connectivity index (χ0v) is 31.3. The van der Waals surface area contributed by atoms with Crippen molar-refractivity contribution < 1.29 is 60.1 Å². The molecule has 0 spiro atoms. The average Bonchev–Trinajstić information content (AvgIpc) is 3.50. The number of carbonyl (C=O) groups is 4. The average molecular weight is 739 g/mol. The summed E-state index contributed by atoms with van der Waals surface area (Å²) >= 11 is 0. The second kappa shape index (κ2) is 15.7. The lowest BCUT2D eigenvalue weighted by molar-refractivity contribution is -0.175. The number of hydrogen-bond donors (Lipinski definition) is 2. The third kappa shape index (κ3) is 10.9. The molecule has 1 heterocycles. The first kappa shape index (κ1) is 40.7. The number of benzene rings is 2. The van der Waals surface area contributed by atoms with Crippen molar-refractivity contribution >= 4 is 43.2 Å². The Morgan fingerprint density at radius 3 is 1.92 bits per heavy atom. The summed E-state index contributed by atoms with van der Waals surface area (Å²) in [5, 5.41) is 4.39. The highest BCUT2D eigenvalue weighted by Gasteiger charge is 2.43. The summed E-state index contributed by atoms with van der Waals surface area (Å²) in [7, 11) is -0.392. The van der Waals surface area contributed by atoms with Crippen molar-refractivity contribution in [3.63, 3.8) is 0 Å². The molecule has 0 fully saturated rings. The monoisotopic (exact) mass is 738 g/mol. The molecule has 2 N–H and O–H groups in total. The molecule has 0 radical (unpaired) electrons. The first-order valence-corrected chi connectivity index (χ1v) is 18.9. The Kier molecular flexibility index (Phi) is 12.5. The third-order valence-corrected chi connectivity index (χ3v) is 12.5. The molecule has 3 aromatic rings. The van der Waals surface area contributed by atoms with Gasteiger partial charge in [0.25, 0.3) is 8.32 Å². The van der Waals surface area contributed by atoms with Crippen LogP contribution in [0.5, 0.6) is 17.2 Å². The van der Waals surface area contributed by atoms with Crippen LogP contribution < -0.4 is 19.8 Å². The first-order chi connectivity index (χ1) is 23.5. The number of fused-ring (bicyclic) bond motifs is 1. The van der Waals surface area contributed by atoms with Crippen LogP contribution in [0.4, 0.5) is 18.0 Å². The lowest BCUT2D eigenvalue weighted by atomic mass is 10.0. The third-order valence-electron chi connectivity index (χ3n) is 8.13. The maximum Gasteiger partial charge on any atom is 0.471 e. The van der Waals surface area contributed by atoms with Crippen molar-refractivity contribution in [1.82, 2.24) is 10.6 Å². The van der Waals surface area contributed by atoms with Crippen LogP contribution in [0.1, 0.15) is 52.7 Å². The van der Waals surface area contributed by atoms with Crippen molar-refractivity contribution in [3.8, 4) is 17.2 Å². The van der Waals surface area contributed by atoms with E-state index in [9.17, 15) is 32.3 Å². The number of ether oxygens (including phenoxy) is 4. The summed E-state index contributed by atoms with van der Waals surface area (Å²) in [6, 6.07) is 6.86. The van der Waals surface area contributed by atoms with Crippen LogP contribution in [0.2, 0.25) is 18.1 Å². The molecule has 0 aliphatic carbocycles. The number of amides is 2. The summed E-state index contributed by atoms with van der Waals surface area (Å²) < 4.78 is 73.2. The fraction of sp³-hybridized carbons (Fsp3) is 0.486. The van der Waals surface area contributed by atoms with Gasteiger partial charge < -0.3 is 38.4 Å². The van der Waals surface area contributed by atoms with Crippen molar-refractivity contribution in [2.24, 2.45) is 0 Å². The molecule has 3 rings (SSSR count). The first-order valence-electron chi connectivity index (χ1n) is 16.0. The molecule has 2 aromatic carbocycles. The molecule has 12 nitrogen and oxygen atoms in total. The van der Waals surface area contributed by atoms with Crippen molar-refractivity contribution in [1.29, 1.82) is 0 Å². The molecule has 0 unspecified atom stereocenters. The molecule has 0 aliphatic rings. The predicted octanol–water partition coefficient (Wildman–Crippen LogP) is 6.98. The largest absolute Gasteiger partial charge is 0.543 e. The van der Waals surface area contributed by atoms with Gasteiger partial charge in [0, 0.05) is 12.8 Å². The highest BCUT2D eigenvalue weighted by Crippen LogP contribution is 2.44. The Balaban J connectivity index is 2.03. The Labute approximate surface area is 295 Å². The number of halogens is 3. The number of rotatable bonds is 12. The van der Waals surface area contributed by atoms with Gasteiger partial charge in [-0.2, -0.15) is 13.2 Å². The zero-order chi connectivity index (χ0) is 38.5. The normalized spacial score (nSPS) is 13.5. The maximum atomic E-state index is 13.2. The summed E-state index contributed by atoms with van der Waals surface area (Å²) in [6.07, 6.45) is -5.00. The lowest BCUT2D eigenvalue weighted by Gasteiger charge is -2.37. The lowest BCUT2D eigenvalue weighted by Crippen LogP contribution is -2.48. The van der Waals surface area contributed by atoms with E-state index >= 15 is 0 Å². The Morgan fingerprint density at radius 1 is 0.843 bits per heavy atom. The van der Waals surface area contributed by atoms with Crippen LogP contribution in [0.25, 0.3) is 11.0 Å². The maximum absolute atomic E-state index is 13.2. The molecule has 0 saturated carbocycles. The minimum atomic E-state index is -5.25. The molecule has 51 heavy (non-hydrogen) atoms. The number of methoxy groups -OCH3 is 2. The van der Waals surface area contributed by atoms with Crippen molar-refractivity contribution in [3.05, 3.63) is 53.8 Å². The second-order valence-electron chi connectivity index (χ2n) is 14.3. The topological polar surface area (TPSA) is 152 Å². The van der Waals surface area contributed by atoms with Crippen LogP contribution in [0.15, 0.2) is 47.1 Å². The van der Waals surface area contributed by atoms with E-state index < -0.39 is 62.5 Å². The molecule has 280 valence electrons. The van der Waals surface area contributed by atoms with E-state index in [1.54, 1.807) is 56.4 Å². The zero-order valence-electron chi connectivity index (χ0n) is 30.3. The fourth-order valence-corrected chi connectivity index (χ4v) is 5.59. The number of hydrogen-bond acceptors (Lipinski definition) is 10. The molecule has 2 atom stereocenters. The molecular weight excluding hydrogens is 693 g/mol. The van der Waals surface area contributed by atoms with E-state index in [1.807, 2.05) is 33.9 Å². The second-order valence-corrected chi connectivity index (χ2v) is 19.0. The molecule has 0 bridgehead atoms. The van der Waals surface area contributed by atoms with Crippen LogP contribution in [-0.2, 0) is 41.4 Å². The highest BCUT2D eigenvalue weighted by molar-refractivity contribution is 6.74. The smallest absolute Gasteiger partial charge is 0.471 e. The van der Waals surface area contributed by atoms with Crippen LogP contribution in [-0.4, -0.2) is 70.3 Å². The summed E-state index contributed by atoms with van der Waals surface area (Å²) in [6.45, 7) is 15.1. The van der Waals surface area contributed by atoms with Gasteiger partial charge in [0.1, 0.15) is 29.2 Å². The number of furan rings is 1. The van der Waals surface area contributed by atoms with Crippen molar-refractivity contribution in [2.45, 2.75) is 96.4 Å². The molecule has 16 heteroatoms. The molecule has 1 aromatic heterocycles. The Bertz CT molecular complexity index is 1720. The molecule has 2 amide bonds. The molecule has 0 aliphatic heterocycles. The summed E-state index contributed by atoms with van der Waals surface area (Å²) in [5.41, 5.74) is 0.372. The standard InChI is InChI=1S/C35H45F3N2O10Si/c1-33(2,3)49-32(44)40-24(29(41)45-7)17-20-11-13-22(14-12-20)48-26-19-21(18-25(30(42)46-8)39-31(43)35(36,37)38)27(23-15-16-47-28(23)26)50-51(9,10)34(4,5)6/h11-16,19,24-25H,17-18H2,1-10H3,(H,39,43)(H,40,44)/t24-,25-/m0/s1. The van der Waals surface area contributed by atoms with Gasteiger partial charge in [0.05, 0.1) is 25.9 Å². The van der Waals surface area contributed by atoms with Gasteiger partial charge in [-0.05, 0) is 74.3 Å². The van der Waals surface area contributed by atoms with Gasteiger partial charge in [-0.1, -0.05) is 32.9 Å². The number of esters is 2. The number of nitrogens with one attached hydrogen (secondary N) is 2. The number of alkyl carbamates (subject to hydrolysis) is 1. The van der Waals surface area contributed by atoms with E-state index in [1.165, 1.54) is 19.4 Å². The minimum Gasteiger partial charge on any atom is -0.543 e. The quantitative estimate of drug-likeness (QED) is 0.113. The van der Waals surface area contributed by atoms with E-state index in [-0.39, 0.29) is 34.1 Å². The van der Waals surface area contributed by atoms with Crippen LogP contribution in [0.3, 0.4) is 0 Å². The van der Waals surface area contributed by atoms with E-state index in [2.05, 4.69) is 5.32 Å². The minimum absolute atomic E-state index is 0.0663. The van der Waals surface area contributed by atoms with Gasteiger partial charge in [0.15, 0.2) is 11.3 Å². The fourth-order valence-electron chi connectivity index (χ4n) is 4.53. The van der Waals surface area contributed by atoms with Gasteiger partial charge in [-0.25, -0.2) is 14.4 Å². The van der Waals surface area contributed by atoms with Gasteiger partial charge in [-0.3, -0.25) is 4.79 Å². The van der Waals surface area contributed by atoms with Gasteiger partial charge in [0.2, 0.25) is 0 Å². The summed E-state index contributed by atoms with van der Waals surface area (Å²) in [4.78, 5) is 49.3.